The number of halogens is 5. The second-order valence-corrected chi connectivity index (χ2v) is 6.55. The van der Waals surface area contributed by atoms with Gasteiger partial charge in [0.25, 0.3) is 5.56 Å². The number of aromatic nitrogens is 3. The number of carbonyl (C=O) groups excluding carboxylic acids is 1. The van der Waals surface area contributed by atoms with E-state index >= 15 is 0 Å². The van der Waals surface area contributed by atoms with Gasteiger partial charge >= 0.3 is 6.18 Å². The maximum atomic E-state index is 13.3. The van der Waals surface area contributed by atoms with Gasteiger partial charge in [0.05, 0.1) is 5.56 Å². The molecule has 0 aliphatic heterocycles. The Morgan fingerprint density at radius 3 is 2.48 bits per heavy atom. The Kier molecular flexibility index (Phi) is 6.42. The number of amides is 1. The number of alkyl halides is 3. The van der Waals surface area contributed by atoms with Crippen LogP contribution in [0.5, 0.6) is 0 Å². The van der Waals surface area contributed by atoms with Crippen LogP contribution in [0.15, 0.2) is 47.3 Å². The first-order chi connectivity index (χ1) is 14.6. The van der Waals surface area contributed by atoms with Crippen LogP contribution in [0.25, 0.3) is 11.4 Å². The van der Waals surface area contributed by atoms with Gasteiger partial charge in [-0.25, -0.2) is 8.78 Å². The van der Waals surface area contributed by atoms with Crippen molar-refractivity contribution in [3.63, 3.8) is 0 Å². The summed E-state index contributed by atoms with van der Waals surface area (Å²) in [6.07, 6.45) is -4.71. The summed E-state index contributed by atoms with van der Waals surface area (Å²) in [6.45, 7) is -0.111. The van der Waals surface area contributed by atoms with Crippen LogP contribution < -0.4 is 10.9 Å². The van der Waals surface area contributed by atoms with Crippen molar-refractivity contribution in [2.75, 3.05) is 0 Å². The molecule has 0 unspecified atom stereocenters. The maximum Gasteiger partial charge on any atom is 0.416 e. The number of hydrogen-bond acceptors (Lipinski definition) is 4. The van der Waals surface area contributed by atoms with Crippen LogP contribution in [-0.4, -0.2) is 21.1 Å². The van der Waals surface area contributed by atoms with E-state index in [4.69, 9.17) is 0 Å². The minimum atomic E-state index is -4.48. The lowest BCUT2D eigenvalue weighted by atomic mass is 10.1. The highest BCUT2D eigenvalue weighted by atomic mass is 19.4. The fourth-order valence-electron chi connectivity index (χ4n) is 2.68. The van der Waals surface area contributed by atoms with Crippen molar-refractivity contribution in [1.82, 2.24) is 20.5 Å². The monoisotopic (exact) mass is 438 g/mol. The van der Waals surface area contributed by atoms with Crippen molar-refractivity contribution < 1.29 is 26.7 Å². The lowest BCUT2D eigenvalue weighted by Gasteiger charge is -2.09. The minimum Gasteiger partial charge on any atom is -0.352 e. The molecule has 0 fully saturated rings. The largest absolute Gasteiger partial charge is 0.416 e. The third kappa shape index (κ3) is 5.71. The number of nitrogens with one attached hydrogen (secondary N) is 2. The SMILES string of the molecule is O=C(CCc1nnc(-c2ccc(F)c(F)c2)[nH]c1=O)NCc1cccc(C(F)(F)F)c1. The molecule has 0 radical (unpaired) electrons. The van der Waals surface area contributed by atoms with Gasteiger partial charge in [0.1, 0.15) is 5.69 Å². The number of carbonyl (C=O) groups is 1. The van der Waals surface area contributed by atoms with Crippen molar-refractivity contribution in [2.45, 2.75) is 25.6 Å². The predicted molar refractivity (Wildman–Crippen MR) is 99.6 cm³/mol. The Hall–Kier alpha value is -3.63. The van der Waals surface area contributed by atoms with Crippen LogP contribution in [-0.2, 0) is 23.9 Å². The predicted octanol–water partition coefficient (Wildman–Crippen LogP) is 3.38. The molecule has 0 atom stereocenters. The molecule has 0 saturated carbocycles. The Morgan fingerprint density at radius 1 is 1.03 bits per heavy atom. The molecule has 1 aromatic heterocycles. The Morgan fingerprint density at radius 2 is 1.81 bits per heavy atom. The molecule has 0 bridgehead atoms. The van der Waals surface area contributed by atoms with Gasteiger partial charge in [0.15, 0.2) is 17.5 Å². The van der Waals surface area contributed by atoms with Gasteiger partial charge in [-0.15, -0.1) is 10.2 Å². The van der Waals surface area contributed by atoms with E-state index in [1.165, 1.54) is 18.2 Å². The highest BCUT2D eigenvalue weighted by Crippen LogP contribution is 2.29. The number of aryl methyl sites for hydroxylation is 1. The number of H-pyrrole nitrogens is 1. The van der Waals surface area contributed by atoms with Gasteiger partial charge in [-0.3, -0.25) is 9.59 Å². The number of benzene rings is 2. The van der Waals surface area contributed by atoms with E-state index in [0.29, 0.717) is 0 Å². The Labute approximate surface area is 172 Å². The molecule has 0 saturated heterocycles. The molecular formula is C20H15F5N4O2. The van der Waals surface area contributed by atoms with E-state index in [9.17, 15) is 31.5 Å². The first kappa shape index (κ1) is 22.1. The summed E-state index contributed by atoms with van der Waals surface area (Å²) in [5.74, 6) is -2.72. The first-order valence-electron chi connectivity index (χ1n) is 8.97. The zero-order valence-electron chi connectivity index (χ0n) is 15.8. The molecule has 11 heteroatoms. The van der Waals surface area contributed by atoms with Gasteiger partial charge in [-0.05, 0) is 35.9 Å². The van der Waals surface area contributed by atoms with Crippen molar-refractivity contribution in [3.8, 4) is 11.4 Å². The van der Waals surface area contributed by atoms with E-state index in [1.807, 2.05) is 0 Å². The van der Waals surface area contributed by atoms with Crippen molar-refractivity contribution in [1.29, 1.82) is 0 Å². The Balaban J connectivity index is 1.58. The fourth-order valence-corrected chi connectivity index (χ4v) is 2.68. The molecule has 31 heavy (non-hydrogen) atoms. The van der Waals surface area contributed by atoms with Crippen LogP contribution in [0, 0.1) is 11.6 Å². The standard InChI is InChI=1S/C20H15F5N4O2/c21-14-5-4-12(9-15(14)22)18-27-19(31)16(28-29-18)6-7-17(30)26-10-11-2-1-3-13(8-11)20(23,24)25/h1-5,8-9H,6-7,10H2,(H,26,30)(H,27,29,31). The molecular weight excluding hydrogens is 423 g/mol. The smallest absolute Gasteiger partial charge is 0.352 e. The van der Waals surface area contributed by atoms with Gasteiger partial charge in [0, 0.05) is 24.9 Å². The van der Waals surface area contributed by atoms with Gasteiger partial charge < -0.3 is 10.3 Å². The van der Waals surface area contributed by atoms with Gasteiger partial charge in [-0.2, -0.15) is 13.2 Å². The number of aromatic amines is 1. The normalized spacial score (nSPS) is 11.4. The molecule has 0 aliphatic rings. The summed E-state index contributed by atoms with van der Waals surface area (Å²) in [5, 5.41) is 9.94. The van der Waals surface area contributed by atoms with Crippen molar-refractivity contribution >= 4 is 5.91 Å². The van der Waals surface area contributed by atoms with E-state index in [-0.39, 0.29) is 42.0 Å². The van der Waals surface area contributed by atoms with Crippen LogP contribution >= 0.6 is 0 Å². The van der Waals surface area contributed by atoms with E-state index in [0.717, 1.165) is 24.3 Å². The minimum absolute atomic E-state index is 0.0550. The summed E-state index contributed by atoms with van der Waals surface area (Å²) < 4.78 is 64.5. The summed E-state index contributed by atoms with van der Waals surface area (Å²) >= 11 is 0. The molecule has 2 N–H and O–H groups in total. The molecule has 0 aliphatic carbocycles. The molecule has 1 amide bonds. The zero-order valence-corrected chi connectivity index (χ0v) is 15.8. The second-order valence-electron chi connectivity index (χ2n) is 6.55. The average Bonchev–Trinajstić information content (AvgIpc) is 2.73. The van der Waals surface area contributed by atoms with Crippen molar-refractivity contribution in [2.24, 2.45) is 0 Å². The van der Waals surface area contributed by atoms with Crippen LogP contribution in [0.3, 0.4) is 0 Å². The molecule has 6 nitrogen and oxygen atoms in total. The number of rotatable bonds is 6. The average molecular weight is 438 g/mol. The molecule has 1 heterocycles. The summed E-state index contributed by atoms with van der Waals surface area (Å²) in [5.41, 5.74) is -1.13. The third-order valence-corrected chi connectivity index (χ3v) is 4.29. The summed E-state index contributed by atoms with van der Waals surface area (Å²) in [4.78, 5) is 26.5. The van der Waals surface area contributed by atoms with Crippen molar-refractivity contribution in [3.05, 3.63) is 81.3 Å². The highest BCUT2D eigenvalue weighted by Gasteiger charge is 2.30. The number of nitrogens with zero attached hydrogens (tertiary/aromatic N) is 2. The Bertz CT molecular complexity index is 1160. The summed E-state index contributed by atoms with van der Waals surface area (Å²) in [6, 6.07) is 7.52. The molecule has 0 spiro atoms. The summed E-state index contributed by atoms with van der Waals surface area (Å²) in [7, 11) is 0. The maximum absolute atomic E-state index is 13.3. The first-order valence-corrected chi connectivity index (χ1v) is 8.97. The lowest BCUT2D eigenvalue weighted by Crippen LogP contribution is -2.25. The third-order valence-electron chi connectivity index (χ3n) is 4.29. The van der Waals surface area contributed by atoms with E-state index < -0.39 is 34.8 Å². The van der Waals surface area contributed by atoms with E-state index in [2.05, 4.69) is 20.5 Å². The molecule has 2 aromatic carbocycles. The number of hydrogen-bond donors (Lipinski definition) is 2. The molecule has 3 aromatic rings. The molecule has 162 valence electrons. The second kappa shape index (κ2) is 9.02. The molecule has 3 rings (SSSR count). The van der Waals surface area contributed by atoms with Crippen LogP contribution in [0.1, 0.15) is 23.2 Å². The van der Waals surface area contributed by atoms with Gasteiger partial charge in [0.2, 0.25) is 5.91 Å². The van der Waals surface area contributed by atoms with Gasteiger partial charge in [-0.1, -0.05) is 12.1 Å². The zero-order chi connectivity index (χ0) is 22.6. The fraction of sp³-hybridized carbons (Fsp3) is 0.200. The quantitative estimate of drug-likeness (QED) is 0.578. The van der Waals surface area contributed by atoms with E-state index in [1.54, 1.807) is 0 Å². The lowest BCUT2D eigenvalue weighted by molar-refractivity contribution is -0.137. The van der Waals surface area contributed by atoms with Crippen LogP contribution in [0.2, 0.25) is 0 Å². The van der Waals surface area contributed by atoms with Crippen LogP contribution in [0.4, 0.5) is 22.0 Å². The highest BCUT2D eigenvalue weighted by molar-refractivity contribution is 5.76. The topological polar surface area (TPSA) is 87.7 Å².